The van der Waals surface area contributed by atoms with Crippen LogP contribution in [0.3, 0.4) is 0 Å². The van der Waals surface area contributed by atoms with Gasteiger partial charge in [-0.1, -0.05) is 42.5 Å². The molecule has 0 saturated carbocycles. The Morgan fingerprint density at radius 2 is 1.72 bits per heavy atom. The van der Waals surface area contributed by atoms with E-state index < -0.39 is 6.67 Å². The van der Waals surface area contributed by atoms with Crippen LogP contribution in [0.4, 0.5) is 4.39 Å². The number of alkyl halides is 1. The molecule has 0 aliphatic carbocycles. The summed E-state index contributed by atoms with van der Waals surface area (Å²) in [6, 6.07) is 23.8. The Morgan fingerprint density at radius 3 is 2.44 bits per heavy atom. The number of rotatable bonds is 7. The van der Waals surface area contributed by atoms with Crippen molar-refractivity contribution >= 4 is 11.7 Å². The van der Waals surface area contributed by atoms with Crippen molar-refractivity contribution in [2.24, 2.45) is 5.92 Å². The predicted molar refractivity (Wildman–Crippen MR) is 135 cm³/mol. The highest BCUT2D eigenvalue weighted by Crippen LogP contribution is 2.39. The van der Waals surface area contributed by atoms with Crippen LogP contribution in [-0.2, 0) is 11.2 Å². The first-order valence-corrected chi connectivity index (χ1v) is 12.5. The zero-order valence-electron chi connectivity index (χ0n) is 20.2. The lowest BCUT2D eigenvalue weighted by Gasteiger charge is -2.37. The van der Waals surface area contributed by atoms with Gasteiger partial charge in [0, 0.05) is 36.6 Å². The van der Waals surface area contributed by atoms with Gasteiger partial charge in [0.1, 0.15) is 31.4 Å². The van der Waals surface area contributed by atoms with Crippen molar-refractivity contribution in [3.63, 3.8) is 0 Å². The molecule has 0 radical (unpaired) electrons. The van der Waals surface area contributed by atoms with Gasteiger partial charge in [-0.15, -0.1) is 0 Å². The number of ketones is 1. The van der Waals surface area contributed by atoms with Crippen LogP contribution in [0, 0.1) is 5.92 Å². The highest BCUT2D eigenvalue weighted by molar-refractivity contribution is 5.95. The largest absolute Gasteiger partial charge is 0.491 e. The molecule has 1 saturated heterocycles. The maximum atomic E-state index is 13.3. The normalized spacial score (nSPS) is 16.7. The Hall–Kier alpha value is -3.67. The Morgan fingerprint density at radius 1 is 1.00 bits per heavy atom. The van der Waals surface area contributed by atoms with Crippen molar-refractivity contribution in [2.45, 2.75) is 25.2 Å². The molecule has 0 unspecified atom stereocenters. The molecule has 0 spiro atoms. The Labute approximate surface area is 210 Å². The molecule has 186 valence electrons. The molecule has 1 atom stereocenters. The van der Waals surface area contributed by atoms with Gasteiger partial charge in [-0.2, -0.15) is 0 Å². The average molecular weight is 488 g/mol. The van der Waals surface area contributed by atoms with Crippen molar-refractivity contribution in [3.05, 3.63) is 95.1 Å². The monoisotopic (exact) mass is 487 g/mol. The molecule has 3 aromatic rings. The van der Waals surface area contributed by atoms with E-state index in [1.807, 2.05) is 23.1 Å². The minimum atomic E-state index is -0.511. The second-order valence-corrected chi connectivity index (χ2v) is 9.45. The molecular weight excluding hydrogens is 457 g/mol. The number of halogens is 1. The average Bonchev–Trinajstić information content (AvgIpc) is 2.93. The first-order valence-electron chi connectivity index (χ1n) is 12.5. The van der Waals surface area contributed by atoms with Crippen LogP contribution in [0.1, 0.15) is 45.8 Å². The van der Waals surface area contributed by atoms with E-state index in [1.165, 1.54) is 11.1 Å². The summed E-state index contributed by atoms with van der Waals surface area (Å²) in [5, 5.41) is 0. The summed E-state index contributed by atoms with van der Waals surface area (Å²) in [6.07, 6.45) is 2.09. The van der Waals surface area contributed by atoms with Gasteiger partial charge in [0.25, 0.3) is 5.91 Å². The molecule has 2 heterocycles. The maximum absolute atomic E-state index is 13.3. The second-order valence-electron chi connectivity index (χ2n) is 9.45. The van der Waals surface area contributed by atoms with E-state index in [1.54, 1.807) is 18.2 Å². The van der Waals surface area contributed by atoms with Crippen LogP contribution in [0.15, 0.2) is 72.8 Å². The van der Waals surface area contributed by atoms with Gasteiger partial charge >= 0.3 is 0 Å². The molecule has 3 aromatic carbocycles. The molecule has 5 rings (SSSR count). The number of ether oxygens (including phenoxy) is 2. The van der Waals surface area contributed by atoms with Gasteiger partial charge in [-0.25, -0.2) is 4.39 Å². The van der Waals surface area contributed by atoms with Gasteiger partial charge in [-0.3, -0.25) is 9.59 Å². The molecule has 0 aromatic heterocycles. The first kappa shape index (κ1) is 24.0. The van der Waals surface area contributed by atoms with Crippen molar-refractivity contribution in [1.82, 2.24) is 4.90 Å². The topological polar surface area (TPSA) is 55.8 Å². The number of carbonyl (C=O) groups is 2. The molecule has 1 fully saturated rings. The lowest BCUT2D eigenvalue weighted by molar-refractivity contribution is -0.121. The number of piperidine rings is 1. The fourth-order valence-corrected chi connectivity index (χ4v) is 5.36. The molecule has 2 aliphatic rings. The number of hydrogen-bond donors (Lipinski definition) is 0. The smallest absolute Gasteiger partial charge is 0.253 e. The SMILES string of the molecule is O=C1COc2ccc(C(=O)N3CCC([C@H](c4ccccc4)c4ccc(OCCF)cc4)CC3)cc2C1. The number of amides is 1. The molecule has 6 heteroatoms. The van der Waals surface area contributed by atoms with Crippen LogP contribution in [0.5, 0.6) is 11.5 Å². The zero-order valence-corrected chi connectivity index (χ0v) is 20.2. The van der Waals surface area contributed by atoms with Crippen LogP contribution < -0.4 is 9.47 Å². The van der Waals surface area contributed by atoms with Crippen LogP contribution in [0.25, 0.3) is 0 Å². The predicted octanol–water partition coefficient (Wildman–Crippen LogP) is 5.22. The molecule has 0 bridgehead atoms. The summed E-state index contributed by atoms with van der Waals surface area (Å²) in [5.74, 6) is 1.97. The van der Waals surface area contributed by atoms with Crippen molar-refractivity contribution < 1.29 is 23.5 Å². The Kier molecular flexibility index (Phi) is 7.31. The van der Waals surface area contributed by atoms with Gasteiger partial charge in [-0.05, 0) is 60.2 Å². The van der Waals surface area contributed by atoms with E-state index in [9.17, 15) is 14.0 Å². The van der Waals surface area contributed by atoms with E-state index >= 15 is 0 Å². The van der Waals surface area contributed by atoms with E-state index in [-0.39, 0.29) is 30.8 Å². The third-order valence-corrected chi connectivity index (χ3v) is 7.13. The molecule has 1 amide bonds. The third-order valence-electron chi connectivity index (χ3n) is 7.13. The summed E-state index contributed by atoms with van der Waals surface area (Å²) in [6.45, 7) is 1.00. The number of likely N-dealkylation sites (tertiary alicyclic amines) is 1. The summed E-state index contributed by atoms with van der Waals surface area (Å²) < 4.78 is 23.4. The van der Waals surface area contributed by atoms with Crippen molar-refractivity contribution in [3.8, 4) is 11.5 Å². The minimum Gasteiger partial charge on any atom is -0.491 e. The summed E-state index contributed by atoms with van der Waals surface area (Å²) in [5.41, 5.74) is 3.83. The van der Waals surface area contributed by atoms with Crippen molar-refractivity contribution in [2.75, 3.05) is 33.0 Å². The highest BCUT2D eigenvalue weighted by atomic mass is 19.1. The van der Waals surface area contributed by atoms with Gasteiger partial charge in [0.05, 0.1) is 0 Å². The Balaban J connectivity index is 1.30. The Bertz CT molecular complexity index is 1200. The third kappa shape index (κ3) is 5.27. The van der Waals surface area contributed by atoms with Gasteiger partial charge < -0.3 is 14.4 Å². The molecule has 2 aliphatic heterocycles. The summed E-state index contributed by atoms with van der Waals surface area (Å²) >= 11 is 0. The molecular formula is C30H30FNO4. The molecule has 5 nitrogen and oxygen atoms in total. The number of benzene rings is 3. The van der Waals surface area contributed by atoms with E-state index in [2.05, 4.69) is 36.4 Å². The number of hydrogen-bond acceptors (Lipinski definition) is 4. The fourth-order valence-electron chi connectivity index (χ4n) is 5.36. The van der Waals surface area contributed by atoms with Gasteiger partial charge in [0.15, 0.2) is 5.78 Å². The number of nitrogens with zero attached hydrogens (tertiary/aromatic N) is 1. The fraction of sp³-hybridized carbons (Fsp3) is 0.333. The van der Waals surface area contributed by atoms with Crippen LogP contribution in [0.2, 0.25) is 0 Å². The standard InChI is InChI=1S/C30H30FNO4/c31-14-17-35-27-9-6-22(7-10-27)29(21-4-2-1-3-5-21)23-12-15-32(16-13-23)30(34)24-8-11-28-25(18-24)19-26(33)20-36-28/h1-11,18,23,29H,12-17,19-20H2/t29-/m1/s1. The summed E-state index contributed by atoms with van der Waals surface area (Å²) in [4.78, 5) is 26.9. The quantitative estimate of drug-likeness (QED) is 0.458. The van der Waals surface area contributed by atoms with E-state index in [0.717, 1.165) is 18.4 Å². The number of Topliss-reactive ketones (excluding diaryl/α,β-unsaturated/α-hetero) is 1. The lowest BCUT2D eigenvalue weighted by Crippen LogP contribution is -2.40. The second kappa shape index (κ2) is 10.9. The first-order chi connectivity index (χ1) is 17.6. The number of fused-ring (bicyclic) bond motifs is 1. The van der Waals surface area contributed by atoms with Crippen LogP contribution >= 0.6 is 0 Å². The van der Waals surface area contributed by atoms with E-state index in [4.69, 9.17) is 9.47 Å². The summed E-state index contributed by atoms with van der Waals surface area (Å²) in [7, 11) is 0. The van der Waals surface area contributed by atoms with Gasteiger partial charge in [0.2, 0.25) is 0 Å². The molecule has 0 N–H and O–H groups in total. The van der Waals surface area contributed by atoms with E-state index in [0.29, 0.717) is 42.5 Å². The van der Waals surface area contributed by atoms with Crippen LogP contribution in [-0.4, -0.2) is 49.6 Å². The van der Waals surface area contributed by atoms with Crippen molar-refractivity contribution in [1.29, 1.82) is 0 Å². The molecule has 36 heavy (non-hydrogen) atoms. The minimum absolute atomic E-state index is 0.0000943. The maximum Gasteiger partial charge on any atom is 0.253 e. The highest BCUT2D eigenvalue weighted by Gasteiger charge is 2.31. The lowest BCUT2D eigenvalue weighted by atomic mass is 9.76. The zero-order chi connectivity index (χ0) is 24.9. The number of carbonyl (C=O) groups excluding carboxylic acids is 2.